The van der Waals surface area contributed by atoms with Crippen molar-refractivity contribution in [3.8, 4) is 0 Å². The summed E-state index contributed by atoms with van der Waals surface area (Å²) in [5.74, 6) is -0.319. The Morgan fingerprint density at radius 3 is 2.87 bits per heavy atom. The maximum absolute atomic E-state index is 13.2. The van der Waals surface area contributed by atoms with E-state index in [1.807, 2.05) is 9.80 Å². The second-order valence-corrected chi connectivity index (χ2v) is 8.37. The Hall–Kier alpha value is -2.48. The molecule has 2 fully saturated rings. The van der Waals surface area contributed by atoms with Gasteiger partial charge < -0.3 is 9.80 Å². The number of nitrogens with zero attached hydrogens (tertiary/aromatic N) is 5. The largest absolute Gasteiger partial charge is 0.343 e. The summed E-state index contributed by atoms with van der Waals surface area (Å²) in [6.07, 6.45) is 6.94. The van der Waals surface area contributed by atoms with E-state index in [0.29, 0.717) is 36.6 Å². The molecule has 9 heteroatoms. The molecule has 1 aromatic carbocycles. The highest BCUT2D eigenvalue weighted by molar-refractivity contribution is 6.31. The van der Waals surface area contributed by atoms with Crippen LogP contribution in [0, 0.1) is 5.82 Å². The molecule has 0 radical (unpaired) electrons. The average Bonchev–Trinajstić information content (AvgIpc) is 3.37. The predicted octanol–water partition coefficient (Wildman–Crippen LogP) is 3.13. The van der Waals surface area contributed by atoms with Crippen molar-refractivity contribution >= 4 is 23.4 Å². The molecule has 2 aliphatic rings. The maximum atomic E-state index is 13.2. The van der Waals surface area contributed by atoms with Gasteiger partial charge >= 0.3 is 0 Å². The van der Waals surface area contributed by atoms with Crippen LogP contribution in [-0.4, -0.2) is 62.3 Å². The molecule has 2 aliphatic heterocycles. The lowest BCUT2D eigenvalue weighted by molar-refractivity contribution is -0.127. The highest BCUT2D eigenvalue weighted by atomic mass is 35.5. The molecule has 0 saturated carbocycles. The van der Waals surface area contributed by atoms with E-state index in [0.717, 1.165) is 38.6 Å². The lowest BCUT2D eigenvalue weighted by Gasteiger charge is -2.36. The number of amides is 2. The molecule has 7 nitrogen and oxygen atoms in total. The molecule has 2 saturated heterocycles. The van der Waals surface area contributed by atoms with Crippen LogP contribution in [0.2, 0.25) is 5.02 Å². The van der Waals surface area contributed by atoms with Crippen molar-refractivity contribution in [3.05, 3.63) is 46.5 Å². The third kappa shape index (κ3) is 4.64. The van der Waals surface area contributed by atoms with E-state index >= 15 is 0 Å². The Balaban J connectivity index is 1.41. The van der Waals surface area contributed by atoms with Crippen LogP contribution < -0.4 is 0 Å². The summed E-state index contributed by atoms with van der Waals surface area (Å²) in [4.78, 5) is 28.8. The normalized spacial score (nSPS) is 19.5. The molecule has 3 heterocycles. The number of rotatable bonds is 6. The van der Waals surface area contributed by atoms with E-state index in [1.165, 1.54) is 16.8 Å². The lowest BCUT2D eigenvalue weighted by atomic mass is 9.98. The van der Waals surface area contributed by atoms with Crippen molar-refractivity contribution in [2.45, 2.75) is 51.1 Å². The standard InChI is InChI=1S/C21H25ClFN5O2/c22-18-12-16(23)7-6-15(18)13-27-14-19(24-25-27)21(30)28-10-2-1-4-17(28)8-11-26-9-3-5-20(26)29/h6-7,12,14,17H,1-5,8-11,13H2. The first-order valence-electron chi connectivity index (χ1n) is 10.4. The molecule has 1 atom stereocenters. The highest BCUT2D eigenvalue weighted by Crippen LogP contribution is 2.23. The summed E-state index contributed by atoms with van der Waals surface area (Å²) in [6, 6.07) is 4.30. The summed E-state index contributed by atoms with van der Waals surface area (Å²) in [5.41, 5.74) is 0.991. The number of hydrogen-bond donors (Lipinski definition) is 0. The van der Waals surface area contributed by atoms with E-state index in [1.54, 1.807) is 12.3 Å². The number of aromatic nitrogens is 3. The molecule has 160 valence electrons. The van der Waals surface area contributed by atoms with Gasteiger partial charge in [-0.3, -0.25) is 9.59 Å². The molecule has 2 amide bonds. The monoisotopic (exact) mass is 433 g/mol. The molecule has 0 aliphatic carbocycles. The first-order chi connectivity index (χ1) is 14.5. The van der Waals surface area contributed by atoms with Gasteiger partial charge in [-0.15, -0.1) is 5.10 Å². The molecular weight excluding hydrogens is 409 g/mol. The van der Waals surface area contributed by atoms with Gasteiger partial charge in [-0.1, -0.05) is 22.9 Å². The zero-order valence-electron chi connectivity index (χ0n) is 16.8. The molecule has 0 spiro atoms. The van der Waals surface area contributed by atoms with E-state index < -0.39 is 5.82 Å². The number of halogens is 2. The number of carbonyl (C=O) groups excluding carboxylic acids is 2. The highest BCUT2D eigenvalue weighted by Gasteiger charge is 2.30. The van der Waals surface area contributed by atoms with Crippen molar-refractivity contribution in [1.82, 2.24) is 24.8 Å². The molecule has 0 bridgehead atoms. The fourth-order valence-electron chi connectivity index (χ4n) is 4.26. The van der Waals surface area contributed by atoms with Gasteiger partial charge in [-0.2, -0.15) is 0 Å². The number of carbonyl (C=O) groups is 2. The van der Waals surface area contributed by atoms with E-state index in [9.17, 15) is 14.0 Å². The van der Waals surface area contributed by atoms with Gasteiger partial charge in [0.2, 0.25) is 5.91 Å². The van der Waals surface area contributed by atoms with Crippen LogP contribution in [0.25, 0.3) is 0 Å². The zero-order chi connectivity index (χ0) is 21.1. The first kappa shape index (κ1) is 20.8. The van der Waals surface area contributed by atoms with E-state index in [-0.39, 0.29) is 23.6 Å². The topological polar surface area (TPSA) is 71.3 Å². The van der Waals surface area contributed by atoms with Gasteiger partial charge in [0.25, 0.3) is 5.91 Å². The van der Waals surface area contributed by atoms with Crippen LogP contribution in [0.4, 0.5) is 4.39 Å². The Kier molecular flexibility index (Phi) is 6.32. The second-order valence-electron chi connectivity index (χ2n) is 7.96. The van der Waals surface area contributed by atoms with Crippen LogP contribution >= 0.6 is 11.6 Å². The van der Waals surface area contributed by atoms with Crippen LogP contribution in [0.5, 0.6) is 0 Å². The minimum atomic E-state index is -0.398. The molecule has 1 unspecified atom stereocenters. The van der Waals surface area contributed by atoms with Gasteiger partial charge in [0.05, 0.1) is 12.7 Å². The lowest BCUT2D eigenvalue weighted by Crippen LogP contribution is -2.45. The Morgan fingerprint density at radius 2 is 2.10 bits per heavy atom. The van der Waals surface area contributed by atoms with E-state index in [4.69, 9.17) is 11.6 Å². The van der Waals surface area contributed by atoms with Gasteiger partial charge in [0.1, 0.15) is 5.82 Å². The van der Waals surface area contributed by atoms with Crippen LogP contribution in [0.1, 0.15) is 54.6 Å². The van der Waals surface area contributed by atoms with Gasteiger partial charge in [0, 0.05) is 37.1 Å². The summed E-state index contributed by atoms with van der Waals surface area (Å²) in [5, 5.41) is 8.42. The number of benzene rings is 1. The third-order valence-corrected chi connectivity index (χ3v) is 6.25. The molecule has 1 aromatic heterocycles. The smallest absolute Gasteiger partial charge is 0.276 e. The number of hydrogen-bond acceptors (Lipinski definition) is 4. The fourth-order valence-corrected chi connectivity index (χ4v) is 4.49. The maximum Gasteiger partial charge on any atom is 0.276 e. The second kappa shape index (κ2) is 9.12. The quantitative estimate of drug-likeness (QED) is 0.701. The third-order valence-electron chi connectivity index (χ3n) is 5.90. The number of piperidine rings is 1. The Morgan fingerprint density at radius 1 is 1.23 bits per heavy atom. The molecule has 0 N–H and O–H groups in total. The Labute approximate surface area is 179 Å². The Bertz CT molecular complexity index is 934. The fraction of sp³-hybridized carbons (Fsp3) is 0.524. The van der Waals surface area contributed by atoms with Gasteiger partial charge in [-0.25, -0.2) is 9.07 Å². The summed E-state index contributed by atoms with van der Waals surface area (Å²) in [7, 11) is 0. The van der Waals surface area contributed by atoms with Crippen molar-refractivity contribution in [3.63, 3.8) is 0 Å². The molecular formula is C21H25ClFN5O2. The number of likely N-dealkylation sites (tertiary alicyclic amines) is 2. The molecule has 30 heavy (non-hydrogen) atoms. The zero-order valence-corrected chi connectivity index (χ0v) is 17.5. The first-order valence-corrected chi connectivity index (χ1v) is 10.8. The van der Waals surface area contributed by atoms with Crippen molar-refractivity contribution in [2.75, 3.05) is 19.6 Å². The predicted molar refractivity (Wildman–Crippen MR) is 110 cm³/mol. The summed E-state index contributed by atoms with van der Waals surface area (Å²) in [6.45, 7) is 2.51. The minimum absolute atomic E-state index is 0.108. The minimum Gasteiger partial charge on any atom is -0.343 e. The molecule has 2 aromatic rings. The van der Waals surface area contributed by atoms with Crippen molar-refractivity contribution in [2.24, 2.45) is 0 Å². The van der Waals surface area contributed by atoms with Crippen LogP contribution in [-0.2, 0) is 11.3 Å². The van der Waals surface area contributed by atoms with Crippen molar-refractivity contribution in [1.29, 1.82) is 0 Å². The van der Waals surface area contributed by atoms with Gasteiger partial charge in [-0.05, 0) is 49.8 Å². The SMILES string of the molecule is O=C1CCCN1CCC1CCCCN1C(=O)c1cn(Cc2ccc(F)cc2Cl)nn1. The van der Waals surface area contributed by atoms with Gasteiger partial charge in [0.15, 0.2) is 5.69 Å². The summed E-state index contributed by atoms with van der Waals surface area (Å²) >= 11 is 6.08. The average molecular weight is 434 g/mol. The van der Waals surface area contributed by atoms with E-state index in [2.05, 4.69) is 10.3 Å². The van der Waals surface area contributed by atoms with Crippen LogP contribution in [0.15, 0.2) is 24.4 Å². The van der Waals surface area contributed by atoms with Crippen molar-refractivity contribution < 1.29 is 14.0 Å². The summed E-state index contributed by atoms with van der Waals surface area (Å²) < 4.78 is 14.8. The van der Waals surface area contributed by atoms with Crippen LogP contribution in [0.3, 0.4) is 0 Å². The molecule has 4 rings (SSSR count).